The highest BCUT2D eigenvalue weighted by Gasteiger charge is 2.18. The Labute approximate surface area is 172 Å². The normalized spacial score (nSPS) is 11.3. The number of benzene rings is 2. The van der Waals surface area contributed by atoms with Crippen molar-refractivity contribution in [2.75, 3.05) is 0 Å². The number of aromatic amines is 1. The quantitative estimate of drug-likeness (QED) is 0.481. The summed E-state index contributed by atoms with van der Waals surface area (Å²) in [5.41, 5.74) is 2.28. The molecule has 0 fully saturated rings. The van der Waals surface area contributed by atoms with Crippen LogP contribution in [0.25, 0.3) is 11.0 Å². The molecule has 0 amide bonds. The van der Waals surface area contributed by atoms with Gasteiger partial charge in [-0.3, -0.25) is 9.89 Å². The van der Waals surface area contributed by atoms with Crippen molar-refractivity contribution in [2.24, 2.45) is 0 Å². The summed E-state index contributed by atoms with van der Waals surface area (Å²) < 4.78 is 25.5. The maximum absolute atomic E-state index is 12.8. The summed E-state index contributed by atoms with van der Waals surface area (Å²) in [6.45, 7) is 0. The fourth-order valence-corrected chi connectivity index (χ4v) is 4.40. The number of nitrogens with zero attached hydrogens (tertiary/aromatic N) is 3. The van der Waals surface area contributed by atoms with E-state index in [9.17, 15) is 13.2 Å². The highest BCUT2D eigenvalue weighted by Crippen LogP contribution is 2.22. The molecule has 4 aromatic rings. The van der Waals surface area contributed by atoms with Gasteiger partial charge in [0, 0.05) is 23.6 Å². The molecule has 0 bridgehead atoms. The Morgan fingerprint density at radius 2 is 1.83 bits per heavy atom. The molecule has 0 atom stereocenters. The van der Waals surface area contributed by atoms with Crippen LogP contribution >= 0.6 is 0 Å². The number of sulfone groups is 1. The van der Waals surface area contributed by atoms with Gasteiger partial charge >= 0.3 is 0 Å². The lowest BCUT2D eigenvalue weighted by atomic mass is 10.0. The fraction of sp³-hybridized carbons (Fsp3) is 0.0909. The highest BCUT2D eigenvalue weighted by atomic mass is 32.2. The number of pyridine rings is 1. The summed E-state index contributed by atoms with van der Waals surface area (Å²) >= 11 is 0. The number of nitriles is 1. The molecule has 0 aliphatic carbocycles. The van der Waals surface area contributed by atoms with E-state index >= 15 is 0 Å². The molecule has 4 rings (SSSR count). The van der Waals surface area contributed by atoms with Crippen LogP contribution in [-0.4, -0.2) is 29.4 Å². The van der Waals surface area contributed by atoms with Gasteiger partial charge in [0.15, 0.2) is 11.4 Å². The van der Waals surface area contributed by atoms with Crippen LogP contribution in [0.5, 0.6) is 0 Å². The van der Waals surface area contributed by atoms with Crippen molar-refractivity contribution in [3.63, 3.8) is 0 Å². The van der Waals surface area contributed by atoms with Crippen molar-refractivity contribution in [1.29, 1.82) is 5.26 Å². The van der Waals surface area contributed by atoms with Gasteiger partial charge in [0.1, 0.15) is 0 Å². The molecule has 0 unspecified atom stereocenters. The van der Waals surface area contributed by atoms with E-state index in [1.165, 1.54) is 30.5 Å². The second kappa shape index (κ2) is 7.89. The Bertz CT molecular complexity index is 1380. The third kappa shape index (κ3) is 3.83. The van der Waals surface area contributed by atoms with Crippen LogP contribution in [0.3, 0.4) is 0 Å². The van der Waals surface area contributed by atoms with Crippen LogP contribution in [0.1, 0.15) is 27.9 Å². The van der Waals surface area contributed by atoms with E-state index in [-0.39, 0.29) is 27.6 Å². The molecule has 0 aliphatic rings. The number of Topliss-reactive ketones (excluding diaryl/α,β-unsaturated/α-hetero) is 1. The van der Waals surface area contributed by atoms with Crippen LogP contribution in [0, 0.1) is 11.3 Å². The Balaban J connectivity index is 1.46. The molecule has 8 heteroatoms. The van der Waals surface area contributed by atoms with E-state index in [0.29, 0.717) is 17.6 Å². The number of H-pyrrole nitrogens is 1. The van der Waals surface area contributed by atoms with Gasteiger partial charge in [0.2, 0.25) is 9.84 Å². The minimum absolute atomic E-state index is 0.0457. The van der Waals surface area contributed by atoms with Gasteiger partial charge in [-0.1, -0.05) is 18.2 Å². The monoisotopic (exact) mass is 416 g/mol. The SMILES string of the molecule is N#Cc1cccc(S(=O)(=O)c2ccc(CCC(=O)c3cnc4[nH]ncc4c3)cc2)c1. The van der Waals surface area contributed by atoms with E-state index in [1.54, 1.807) is 36.5 Å². The average Bonchev–Trinajstić information content (AvgIpc) is 3.25. The summed E-state index contributed by atoms with van der Waals surface area (Å²) in [4.78, 5) is 16.9. The van der Waals surface area contributed by atoms with Crippen molar-refractivity contribution in [2.45, 2.75) is 22.6 Å². The van der Waals surface area contributed by atoms with E-state index in [1.807, 2.05) is 6.07 Å². The smallest absolute Gasteiger partial charge is 0.206 e. The first kappa shape index (κ1) is 19.5. The summed E-state index contributed by atoms with van der Waals surface area (Å²) in [7, 11) is -3.71. The first-order valence-corrected chi connectivity index (χ1v) is 10.6. The largest absolute Gasteiger partial charge is 0.294 e. The number of aryl methyl sites for hydroxylation is 1. The first-order valence-electron chi connectivity index (χ1n) is 9.14. The van der Waals surface area contributed by atoms with Gasteiger partial charge in [-0.25, -0.2) is 13.4 Å². The fourth-order valence-electron chi connectivity index (χ4n) is 3.10. The maximum Gasteiger partial charge on any atom is 0.206 e. The topological polar surface area (TPSA) is 117 Å². The molecule has 2 aromatic heterocycles. The zero-order valence-electron chi connectivity index (χ0n) is 15.7. The van der Waals surface area contributed by atoms with Crippen molar-refractivity contribution in [3.05, 3.63) is 83.7 Å². The number of carbonyl (C=O) groups excluding carboxylic acids is 1. The van der Waals surface area contributed by atoms with Gasteiger partial charge in [-0.2, -0.15) is 10.4 Å². The summed E-state index contributed by atoms with van der Waals surface area (Å²) in [6.07, 6.45) is 3.90. The molecule has 148 valence electrons. The number of fused-ring (bicyclic) bond motifs is 1. The Hall–Kier alpha value is -3.83. The van der Waals surface area contributed by atoms with Crippen molar-refractivity contribution < 1.29 is 13.2 Å². The van der Waals surface area contributed by atoms with Crippen molar-refractivity contribution in [1.82, 2.24) is 15.2 Å². The molecule has 2 heterocycles. The predicted octanol–water partition coefficient (Wildman–Crippen LogP) is 3.48. The predicted molar refractivity (Wildman–Crippen MR) is 110 cm³/mol. The van der Waals surface area contributed by atoms with E-state index in [0.717, 1.165) is 10.9 Å². The van der Waals surface area contributed by atoms with Crippen LogP contribution < -0.4 is 0 Å². The van der Waals surface area contributed by atoms with Gasteiger partial charge in [-0.05, 0) is 48.4 Å². The number of aromatic nitrogens is 3. The number of hydrogen-bond donors (Lipinski definition) is 1. The lowest BCUT2D eigenvalue weighted by Gasteiger charge is -2.07. The van der Waals surface area contributed by atoms with Crippen LogP contribution in [0.4, 0.5) is 0 Å². The van der Waals surface area contributed by atoms with Crippen LogP contribution in [0.2, 0.25) is 0 Å². The molecule has 30 heavy (non-hydrogen) atoms. The molecule has 7 nitrogen and oxygen atoms in total. The number of carbonyl (C=O) groups is 1. The standard InChI is InChI=1S/C22H16N4O3S/c23-12-16-2-1-3-20(10-16)30(28,29)19-7-4-15(5-8-19)6-9-21(27)17-11-18-14-25-26-22(18)24-13-17/h1-5,7-8,10-11,13-14H,6,9H2,(H,24,25,26). The number of nitrogens with one attached hydrogen (secondary N) is 1. The molecule has 0 radical (unpaired) electrons. The number of ketones is 1. The highest BCUT2D eigenvalue weighted by molar-refractivity contribution is 7.91. The molecule has 0 saturated heterocycles. The summed E-state index contributed by atoms with van der Waals surface area (Å²) in [5.74, 6) is -0.0457. The molecule has 1 N–H and O–H groups in total. The zero-order valence-corrected chi connectivity index (χ0v) is 16.6. The Kier molecular flexibility index (Phi) is 5.12. The lowest BCUT2D eigenvalue weighted by Crippen LogP contribution is -2.04. The average molecular weight is 416 g/mol. The maximum atomic E-state index is 12.8. The third-order valence-corrected chi connectivity index (χ3v) is 6.53. The molecule has 0 aliphatic heterocycles. The van der Waals surface area contributed by atoms with Gasteiger partial charge in [0.25, 0.3) is 0 Å². The first-order chi connectivity index (χ1) is 14.5. The van der Waals surface area contributed by atoms with E-state index in [2.05, 4.69) is 15.2 Å². The number of hydrogen-bond acceptors (Lipinski definition) is 6. The molecular weight excluding hydrogens is 400 g/mol. The van der Waals surface area contributed by atoms with Crippen molar-refractivity contribution >= 4 is 26.7 Å². The second-order valence-corrected chi connectivity index (χ2v) is 8.69. The van der Waals surface area contributed by atoms with E-state index < -0.39 is 9.84 Å². The minimum atomic E-state index is -3.71. The molecular formula is C22H16N4O3S. The van der Waals surface area contributed by atoms with Crippen LogP contribution in [-0.2, 0) is 16.3 Å². The molecule has 0 saturated carbocycles. The van der Waals surface area contributed by atoms with Gasteiger partial charge < -0.3 is 0 Å². The second-order valence-electron chi connectivity index (χ2n) is 6.74. The summed E-state index contributed by atoms with van der Waals surface area (Å²) in [5, 5.41) is 16.4. The molecule has 0 spiro atoms. The van der Waals surface area contributed by atoms with Crippen LogP contribution in [0.15, 0.2) is 76.8 Å². The minimum Gasteiger partial charge on any atom is -0.294 e. The lowest BCUT2D eigenvalue weighted by molar-refractivity contribution is 0.0982. The Morgan fingerprint density at radius 1 is 1.03 bits per heavy atom. The third-order valence-electron chi connectivity index (χ3n) is 4.76. The Morgan fingerprint density at radius 3 is 2.60 bits per heavy atom. The van der Waals surface area contributed by atoms with Crippen molar-refractivity contribution in [3.8, 4) is 6.07 Å². The van der Waals surface area contributed by atoms with E-state index in [4.69, 9.17) is 5.26 Å². The zero-order chi connectivity index (χ0) is 21.1. The molecule has 2 aromatic carbocycles. The van der Waals surface area contributed by atoms with Gasteiger partial charge in [-0.15, -0.1) is 0 Å². The van der Waals surface area contributed by atoms with Gasteiger partial charge in [0.05, 0.1) is 27.6 Å². The summed E-state index contributed by atoms with van der Waals surface area (Å²) in [6, 6.07) is 16.1. The number of rotatable bonds is 6.